The predicted octanol–water partition coefficient (Wildman–Crippen LogP) is 2.57. The fourth-order valence-electron chi connectivity index (χ4n) is 2.08. The molecule has 0 N–H and O–H groups in total. The van der Waals surface area contributed by atoms with Crippen molar-refractivity contribution in [1.82, 2.24) is 4.90 Å². The smallest absolute Gasteiger partial charge is 0.0100 e. The lowest BCUT2D eigenvalue weighted by molar-refractivity contribution is 0.156. The zero-order valence-electron chi connectivity index (χ0n) is 8.13. The molecule has 0 aliphatic carbocycles. The number of thiol groups is 1. The lowest BCUT2D eigenvalue weighted by Crippen LogP contribution is -2.39. The molecule has 0 bridgehead atoms. The standard InChI is InChI=1S/C10H21NS/c1-2-10(6-9-12)11-7-4-3-5-8-11/h10,12H,2-9H2,1H3. The van der Waals surface area contributed by atoms with Gasteiger partial charge in [-0.1, -0.05) is 13.3 Å². The summed E-state index contributed by atoms with van der Waals surface area (Å²) in [4.78, 5) is 2.65. The van der Waals surface area contributed by atoms with Crippen LogP contribution in [0.3, 0.4) is 0 Å². The summed E-state index contributed by atoms with van der Waals surface area (Å²) in [5.74, 6) is 1.04. The lowest BCUT2D eigenvalue weighted by Gasteiger charge is -2.33. The molecule has 1 saturated heterocycles. The third-order valence-electron chi connectivity index (χ3n) is 2.84. The lowest BCUT2D eigenvalue weighted by atomic mass is 10.1. The van der Waals surface area contributed by atoms with E-state index in [0.29, 0.717) is 0 Å². The van der Waals surface area contributed by atoms with Gasteiger partial charge in [-0.25, -0.2) is 0 Å². The Morgan fingerprint density at radius 1 is 1.25 bits per heavy atom. The summed E-state index contributed by atoms with van der Waals surface area (Å²) in [6, 6.07) is 0.808. The molecular weight excluding hydrogens is 166 g/mol. The fourth-order valence-corrected chi connectivity index (χ4v) is 2.38. The minimum atomic E-state index is 0.808. The molecule has 0 amide bonds. The molecule has 1 rings (SSSR count). The molecule has 0 aromatic carbocycles. The van der Waals surface area contributed by atoms with Crippen LogP contribution < -0.4 is 0 Å². The first-order chi connectivity index (χ1) is 5.88. The Morgan fingerprint density at radius 2 is 1.92 bits per heavy atom. The van der Waals surface area contributed by atoms with E-state index in [4.69, 9.17) is 0 Å². The maximum Gasteiger partial charge on any atom is 0.0100 e. The summed E-state index contributed by atoms with van der Waals surface area (Å²) < 4.78 is 0. The number of piperidine rings is 1. The van der Waals surface area contributed by atoms with Crippen LogP contribution in [-0.4, -0.2) is 29.8 Å². The number of rotatable bonds is 4. The van der Waals surface area contributed by atoms with Gasteiger partial charge in [0.05, 0.1) is 0 Å². The van der Waals surface area contributed by atoms with Gasteiger partial charge in [0.2, 0.25) is 0 Å². The maximum absolute atomic E-state index is 4.31. The summed E-state index contributed by atoms with van der Waals surface area (Å²) >= 11 is 4.31. The first-order valence-corrected chi connectivity index (χ1v) is 5.86. The Hall–Kier alpha value is 0.310. The fraction of sp³-hybridized carbons (Fsp3) is 1.00. The SMILES string of the molecule is CCC(CCS)N1CCCCC1. The number of hydrogen-bond acceptors (Lipinski definition) is 2. The van der Waals surface area contributed by atoms with Gasteiger partial charge < -0.3 is 4.90 Å². The van der Waals surface area contributed by atoms with Crippen molar-refractivity contribution >= 4 is 12.6 Å². The van der Waals surface area contributed by atoms with Crippen molar-refractivity contribution in [2.45, 2.75) is 45.1 Å². The van der Waals surface area contributed by atoms with Crippen molar-refractivity contribution in [3.05, 3.63) is 0 Å². The van der Waals surface area contributed by atoms with Crippen molar-refractivity contribution in [2.75, 3.05) is 18.8 Å². The van der Waals surface area contributed by atoms with E-state index >= 15 is 0 Å². The third-order valence-corrected chi connectivity index (χ3v) is 3.10. The molecule has 0 saturated carbocycles. The molecule has 1 aliphatic rings. The van der Waals surface area contributed by atoms with E-state index in [2.05, 4.69) is 24.5 Å². The average molecular weight is 187 g/mol. The van der Waals surface area contributed by atoms with Gasteiger partial charge in [-0.3, -0.25) is 0 Å². The number of nitrogens with zero attached hydrogens (tertiary/aromatic N) is 1. The second-order valence-corrected chi connectivity index (χ2v) is 4.12. The zero-order chi connectivity index (χ0) is 8.81. The largest absolute Gasteiger partial charge is 0.300 e. The number of likely N-dealkylation sites (tertiary alicyclic amines) is 1. The summed E-state index contributed by atoms with van der Waals surface area (Å²) in [6.07, 6.45) is 6.81. The molecule has 1 fully saturated rings. The Kier molecular flexibility index (Phi) is 5.08. The molecule has 1 heterocycles. The van der Waals surface area contributed by atoms with Gasteiger partial charge in [0.25, 0.3) is 0 Å². The highest BCUT2D eigenvalue weighted by Crippen LogP contribution is 2.16. The minimum Gasteiger partial charge on any atom is -0.300 e. The summed E-state index contributed by atoms with van der Waals surface area (Å²) in [6.45, 7) is 4.95. The first kappa shape index (κ1) is 10.4. The van der Waals surface area contributed by atoms with Crippen LogP contribution in [0, 0.1) is 0 Å². The average Bonchev–Trinajstić information content (AvgIpc) is 2.15. The summed E-state index contributed by atoms with van der Waals surface area (Å²) in [5, 5.41) is 0. The molecule has 1 unspecified atom stereocenters. The molecule has 1 aliphatic heterocycles. The van der Waals surface area contributed by atoms with Gasteiger partial charge in [0.15, 0.2) is 0 Å². The Morgan fingerprint density at radius 3 is 2.42 bits per heavy atom. The molecule has 72 valence electrons. The van der Waals surface area contributed by atoms with Crippen LogP contribution in [-0.2, 0) is 0 Å². The maximum atomic E-state index is 4.31. The van der Waals surface area contributed by atoms with Gasteiger partial charge in [0.1, 0.15) is 0 Å². The van der Waals surface area contributed by atoms with E-state index in [9.17, 15) is 0 Å². The third kappa shape index (κ3) is 2.98. The van der Waals surface area contributed by atoms with Crippen LogP contribution in [0.2, 0.25) is 0 Å². The molecule has 2 heteroatoms. The predicted molar refractivity (Wildman–Crippen MR) is 58.0 cm³/mol. The van der Waals surface area contributed by atoms with E-state index in [1.54, 1.807) is 0 Å². The van der Waals surface area contributed by atoms with E-state index in [-0.39, 0.29) is 0 Å². The van der Waals surface area contributed by atoms with Crippen molar-refractivity contribution in [1.29, 1.82) is 0 Å². The van der Waals surface area contributed by atoms with Crippen LogP contribution in [0.1, 0.15) is 39.0 Å². The van der Waals surface area contributed by atoms with Gasteiger partial charge in [-0.2, -0.15) is 12.6 Å². The summed E-state index contributed by atoms with van der Waals surface area (Å²) in [5.41, 5.74) is 0. The molecule has 12 heavy (non-hydrogen) atoms. The molecule has 1 atom stereocenters. The van der Waals surface area contributed by atoms with Crippen molar-refractivity contribution < 1.29 is 0 Å². The number of hydrogen-bond donors (Lipinski definition) is 1. The second kappa shape index (κ2) is 5.87. The van der Waals surface area contributed by atoms with Crippen LogP contribution in [0.4, 0.5) is 0 Å². The Labute approximate surface area is 81.9 Å². The summed E-state index contributed by atoms with van der Waals surface area (Å²) in [7, 11) is 0. The molecule has 1 nitrogen and oxygen atoms in total. The minimum absolute atomic E-state index is 0.808. The van der Waals surface area contributed by atoms with Gasteiger partial charge in [-0.15, -0.1) is 0 Å². The van der Waals surface area contributed by atoms with E-state index < -0.39 is 0 Å². The molecule has 0 aromatic rings. The highest BCUT2D eigenvalue weighted by Gasteiger charge is 2.17. The second-order valence-electron chi connectivity index (χ2n) is 3.67. The van der Waals surface area contributed by atoms with Gasteiger partial charge in [0, 0.05) is 6.04 Å². The van der Waals surface area contributed by atoms with Crippen LogP contribution in [0.5, 0.6) is 0 Å². The molecule has 0 spiro atoms. The highest BCUT2D eigenvalue weighted by atomic mass is 32.1. The van der Waals surface area contributed by atoms with Gasteiger partial charge >= 0.3 is 0 Å². The van der Waals surface area contributed by atoms with Crippen LogP contribution in [0.15, 0.2) is 0 Å². The van der Waals surface area contributed by atoms with E-state index in [0.717, 1.165) is 11.8 Å². The molecule has 0 aromatic heterocycles. The molecular formula is C10H21NS. The highest BCUT2D eigenvalue weighted by molar-refractivity contribution is 7.80. The van der Waals surface area contributed by atoms with Crippen molar-refractivity contribution in [2.24, 2.45) is 0 Å². The van der Waals surface area contributed by atoms with E-state index in [1.165, 1.54) is 45.2 Å². The van der Waals surface area contributed by atoms with Gasteiger partial charge in [-0.05, 0) is 44.5 Å². The quantitative estimate of drug-likeness (QED) is 0.662. The van der Waals surface area contributed by atoms with E-state index in [1.807, 2.05) is 0 Å². The van der Waals surface area contributed by atoms with Crippen molar-refractivity contribution in [3.63, 3.8) is 0 Å². The van der Waals surface area contributed by atoms with Crippen LogP contribution in [0.25, 0.3) is 0 Å². The van der Waals surface area contributed by atoms with Crippen molar-refractivity contribution in [3.8, 4) is 0 Å². The Bertz CT molecular complexity index is 108. The normalized spacial score (nSPS) is 22.5. The van der Waals surface area contributed by atoms with Crippen LogP contribution >= 0.6 is 12.6 Å². The molecule has 0 radical (unpaired) electrons. The Balaban J connectivity index is 2.29. The topological polar surface area (TPSA) is 3.24 Å². The monoisotopic (exact) mass is 187 g/mol. The zero-order valence-corrected chi connectivity index (χ0v) is 9.02. The first-order valence-electron chi connectivity index (χ1n) is 5.23.